The van der Waals surface area contributed by atoms with Gasteiger partial charge in [0.25, 0.3) is 0 Å². The Kier molecular flexibility index (Phi) is 4.66. The lowest BCUT2D eigenvalue weighted by Gasteiger charge is -2.07. The van der Waals surface area contributed by atoms with Crippen molar-refractivity contribution >= 4 is 17.5 Å². The van der Waals surface area contributed by atoms with Gasteiger partial charge in [0, 0.05) is 42.1 Å². The summed E-state index contributed by atoms with van der Waals surface area (Å²) in [5.74, 6) is 0.504. The summed E-state index contributed by atoms with van der Waals surface area (Å²) in [5.41, 5.74) is 8.03. The molecule has 3 rings (SSSR count). The molecule has 1 amide bonds. The zero-order valence-electron chi connectivity index (χ0n) is 13.3. The molecule has 0 aliphatic carbocycles. The molecule has 7 heteroatoms. The maximum absolute atomic E-state index is 10.8. The second-order valence-electron chi connectivity index (χ2n) is 5.62. The lowest BCUT2D eigenvalue weighted by atomic mass is 10.1. The van der Waals surface area contributed by atoms with Gasteiger partial charge >= 0.3 is 0 Å². The van der Waals surface area contributed by atoms with Gasteiger partial charge in [0.2, 0.25) is 5.91 Å². The number of hydrogen-bond donors (Lipinski definition) is 1. The standard InChI is InChI=1S/C17H18ClN5O/c1-12-4-5-13(9-15(12)18)17-20-6-8-23(17)14-10-21-22(11-14)7-2-3-16(19)24/h4-6,8-11H,2-3,7H2,1H3,(H2,19,24). The average Bonchev–Trinajstić information content (AvgIpc) is 3.18. The van der Waals surface area contributed by atoms with Gasteiger partial charge in [-0.15, -0.1) is 0 Å². The molecule has 0 fully saturated rings. The summed E-state index contributed by atoms with van der Waals surface area (Å²) >= 11 is 6.22. The first-order valence-corrected chi connectivity index (χ1v) is 8.03. The van der Waals surface area contributed by atoms with Crippen molar-refractivity contribution in [2.24, 2.45) is 5.73 Å². The van der Waals surface area contributed by atoms with Crippen molar-refractivity contribution < 1.29 is 4.79 Å². The molecule has 124 valence electrons. The largest absolute Gasteiger partial charge is 0.370 e. The van der Waals surface area contributed by atoms with E-state index in [9.17, 15) is 4.79 Å². The van der Waals surface area contributed by atoms with Gasteiger partial charge in [-0.2, -0.15) is 5.10 Å². The van der Waals surface area contributed by atoms with Crippen molar-refractivity contribution in [3.05, 3.63) is 53.6 Å². The molecule has 0 spiro atoms. The first-order chi connectivity index (χ1) is 11.5. The van der Waals surface area contributed by atoms with Crippen molar-refractivity contribution in [2.75, 3.05) is 0 Å². The molecule has 0 bridgehead atoms. The molecule has 0 aliphatic rings. The Labute approximate surface area is 144 Å². The number of carbonyl (C=O) groups is 1. The number of amides is 1. The monoisotopic (exact) mass is 343 g/mol. The van der Waals surface area contributed by atoms with Gasteiger partial charge in [0.1, 0.15) is 5.82 Å². The van der Waals surface area contributed by atoms with E-state index in [0.29, 0.717) is 24.4 Å². The van der Waals surface area contributed by atoms with Crippen LogP contribution in [0.3, 0.4) is 0 Å². The Morgan fingerprint density at radius 1 is 1.38 bits per heavy atom. The lowest BCUT2D eigenvalue weighted by molar-refractivity contribution is -0.118. The highest BCUT2D eigenvalue weighted by Gasteiger charge is 2.11. The van der Waals surface area contributed by atoms with Crippen LogP contribution in [0.15, 0.2) is 43.0 Å². The molecule has 0 unspecified atom stereocenters. The van der Waals surface area contributed by atoms with E-state index in [0.717, 1.165) is 22.6 Å². The maximum atomic E-state index is 10.8. The van der Waals surface area contributed by atoms with Crippen molar-refractivity contribution in [3.63, 3.8) is 0 Å². The average molecular weight is 344 g/mol. The zero-order chi connectivity index (χ0) is 17.1. The smallest absolute Gasteiger partial charge is 0.217 e. The third-order valence-electron chi connectivity index (χ3n) is 3.78. The summed E-state index contributed by atoms with van der Waals surface area (Å²) in [7, 11) is 0. The van der Waals surface area contributed by atoms with Crippen molar-refractivity contribution in [3.8, 4) is 17.1 Å². The van der Waals surface area contributed by atoms with Gasteiger partial charge in [0.05, 0.1) is 11.9 Å². The Hall–Kier alpha value is -2.60. The predicted molar refractivity (Wildman–Crippen MR) is 93.0 cm³/mol. The molecular weight excluding hydrogens is 326 g/mol. The van der Waals surface area contributed by atoms with E-state index in [1.807, 2.05) is 42.1 Å². The van der Waals surface area contributed by atoms with Gasteiger partial charge in [0.15, 0.2) is 0 Å². The number of nitrogens with two attached hydrogens (primary N) is 1. The summed E-state index contributed by atoms with van der Waals surface area (Å²) in [6.45, 7) is 2.61. The number of hydrogen-bond acceptors (Lipinski definition) is 3. The Balaban J connectivity index is 1.84. The van der Waals surface area contributed by atoms with Crippen LogP contribution >= 0.6 is 11.6 Å². The molecule has 0 atom stereocenters. The summed E-state index contributed by atoms with van der Waals surface area (Å²) < 4.78 is 3.75. The van der Waals surface area contributed by atoms with E-state index >= 15 is 0 Å². The van der Waals surface area contributed by atoms with E-state index < -0.39 is 0 Å². The second-order valence-corrected chi connectivity index (χ2v) is 6.02. The number of nitrogens with zero attached hydrogens (tertiary/aromatic N) is 4. The summed E-state index contributed by atoms with van der Waals surface area (Å²) in [4.78, 5) is 15.2. The third-order valence-corrected chi connectivity index (χ3v) is 4.19. The minimum atomic E-state index is -0.296. The SMILES string of the molecule is Cc1ccc(-c2nccn2-c2cnn(CCCC(N)=O)c2)cc1Cl. The predicted octanol–water partition coefficient (Wildman–Crippen LogP) is 2.96. The zero-order valence-corrected chi connectivity index (χ0v) is 14.1. The van der Waals surface area contributed by atoms with Crippen LogP contribution < -0.4 is 5.73 Å². The molecule has 24 heavy (non-hydrogen) atoms. The van der Waals surface area contributed by atoms with E-state index in [2.05, 4.69) is 10.1 Å². The van der Waals surface area contributed by atoms with Crippen molar-refractivity contribution in [2.45, 2.75) is 26.3 Å². The molecule has 2 N–H and O–H groups in total. The summed E-state index contributed by atoms with van der Waals surface area (Å²) in [6.07, 6.45) is 8.34. The molecule has 1 aromatic carbocycles. The topological polar surface area (TPSA) is 78.7 Å². The molecule has 2 heterocycles. The number of carbonyl (C=O) groups excluding carboxylic acids is 1. The van der Waals surface area contributed by atoms with Gasteiger partial charge in [-0.3, -0.25) is 14.0 Å². The number of benzene rings is 1. The second kappa shape index (κ2) is 6.88. The molecule has 0 aliphatic heterocycles. The van der Waals surface area contributed by atoms with Crippen LogP contribution in [-0.4, -0.2) is 25.2 Å². The molecule has 0 radical (unpaired) electrons. The molecule has 0 saturated carbocycles. The molecule has 0 saturated heterocycles. The number of rotatable bonds is 6. The number of aryl methyl sites for hydroxylation is 2. The van der Waals surface area contributed by atoms with E-state index in [1.165, 1.54) is 0 Å². The first kappa shape index (κ1) is 16.3. The number of primary amides is 1. The number of imidazole rings is 1. The van der Waals surface area contributed by atoms with Crippen LogP contribution in [0.1, 0.15) is 18.4 Å². The van der Waals surface area contributed by atoms with Crippen LogP contribution in [0.25, 0.3) is 17.1 Å². The van der Waals surface area contributed by atoms with Gasteiger partial charge in [-0.25, -0.2) is 4.98 Å². The third kappa shape index (κ3) is 3.49. The molecule has 3 aromatic rings. The van der Waals surface area contributed by atoms with Crippen LogP contribution in [0.5, 0.6) is 0 Å². The van der Waals surface area contributed by atoms with E-state index in [1.54, 1.807) is 17.1 Å². The number of aromatic nitrogens is 4. The Bertz CT molecular complexity index is 868. The fraction of sp³-hybridized carbons (Fsp3) is 0.235. The van der Waals surface area contributed by atoms with Crippen LogP contribution in [-0.2, 0) is 11.3 Å². The minimum Gasteiger partial charge on any atom is -0.370 e. The Morgan fingerprint density at radius 3 is 2.96 bits per heavy atom. The van der Waals surface area contributed by atoms with Crippen molar-refractivity contribution in [1.82, 2.24) is 19.3 Å². The maximum Gasteiger partial charge on any atom is 0.217 e. The van der Waals surface area contributed by atoms with Gasteiger partial charge in [-0.1, -0.05) is 23.7 Å². The van der Waals surface area contributed by atoms with Crippen LogP contribution in [0, 0.1) is 6.92 Å². The normalized spacial score (nSPS) is 10.9. The van der Waals surface area contributed by atoms with Gasteiger partial charge < -0.3 is 5.73 Å². The highest BCUT2D eigenvalue weighted by molar-refractivity contribution is 6.31. The Morgan fingerprint density at radius 2 is 2.21 bits per heavy atom. The van der Waals surface area contributed by atoms with Crippen LogP contribution in [0.4, 0.5) is 0 Å². The molecule has 2 aromatic heterocycles. The number of halogens is 1. The lowest BCUT2D eigenvalue weighted by Crippen LogP contribution is -2.11. The highest BCUT2D eigenvalue weighted by Crippen LogP contribution is 2.26. The quantitative estimate of drug-likeness (QED) is 0.747. The minimum absolute atomic E-state index is 0.296. The first-order valence-electron chi connectivity index (χ1n) is 7.65. The highest BCUT2D eigenvalue weighted by atomic mass is 35.5. The van der Waals surface area contributed by atoms with E-state index in [4.69, 9.17) is 17.3 Å². The summed E-state index contributed by atoms with van der Waals surface area (Å²) in [6, 6.07) is 5.88. The summed E-state index contributed by atoms with van der Waals surface area (Å²) in [5, 5.41) is 5.04. The van der Waals surface area contributed by atoms with Gasteiger partial charge in [-0.05, 0) is 25.0 Å². The fourth-order valence-electron chi connectivity index (χ4n) is 2.47. The molecule has 6 nitrogen and oxygen atoms in total. The van der Waals surface area contributed by atoms with E-state index in [-0.39, 0.29) is 5.91 Å². The van der Waals surface area contributed by atoms with Crippen LogP contribution in [0.2, 0.25) is 5.02 Å². The fourth-order valence-corrected chi connectivity index (χ4v) is 2.65. The molecular formula is C17H18ClN5O. The van der Waals surface area contributed by atoms with Crippen molar-refractivity contribution in [1.29, 1.82) is 0 Å².